The smallest absolute Gasteiger partial charge is 0.251 e. The number of benzene rings is 3. The maximum atomic E-state index is 12.1. The molecule has 0 saturated heterocycles. The number of fused-ring (bicyclic) bond motifs is 1. The molecule has 0 radical (unpaired) electrons. The monoisotopic (exact) mass is 450 g/mol. The van der Waals surface area contributed by atoms with E-state index in [0.29, 0.717) is 5.56 Å². The molecule has 2 aromatic heterocycles. The lowest BCUT2D eigenvalue weighted by Crippen LogP contribution is -2.26. The van der Waals surface area contributed by atoms with Gasteiger partial charge in [0.25, 0.3) is 5.91 Å². The second-order valence-electron chi connectivity index (χ2n) is 7.64. The first-order valence-electron chi connectivity index (χ1n) is 10.9. The second kappa shape index (κ2) is 9.56. The number of aliphatic hydroxyl groups is 1. The zero-order chi connectivity index (χ0) is 23.3. The maximum absolute atomic E-state index is 12.1. The highest BCUT2D eigenvalue weighted by Gasteiger charge is 2.10. The summed E-state index contributed by atoms with van der Waals surface area (Å²) in [6.45, 7) is 0.130. The number of carbonyl (C=O) groups excluding carboxylic acids is 1. The van der Waals surface area contributed by atoms with E-state index in [1.165, 1.54) is 0 Å². The van der Waals surface area contributed by atoms with Crippen LogP contribution in [0.2, 0.25) is 0 Å². The van der Waals surface area contributed by atoms with E-state index in [2.05, 4.69) is 15.3 Å². The van der Waals surface area contributed by atoms with Crippen LogP contribution < -0.4 is 10.1 Å². The van der Waals surface area contributed by atoms with Gasteiger partial charge in [-0.15, -0.1) is 0 Å². The Morgan fingerprint density at radius 1 is 0.853 bits per heavy atom. The Morgan fingerprint density at radius 3 is 2.29 bits per heavy atom. The highest BCUT2D eigenvalue weighted by atomic mass is 16.5. The van der Waals surface area contributed by atoms with E-state index in [4.69, 9.17) is 9.84 Å². The number of nitrogens with zero attached hydrogens (tertiary/aromatic N) is 3. The van der Waals surface area contributed by atoms with E-state index >= 15 is 0 Å². The third-order valence-corrected chi connectivity index (χ3v) is 5.37. The summed E-state index contributed by atoms with van der Waals surface area (Å²) < 4.78 is 7.89. The Balaban J connectivity index is 1.39. The lowest BCUT2D eigenvalue weighted by Gasteiger charge is -2.08. The van der Waals surface area contributed by atoms with Crippen LogP contribution in [-0.4, -0.2) is 38.5 Å². The third-order valence-electron chi connectivity index (χ3n) is 5.37. The van der Waals surface area contributed by atoms with Crippen molar-refractivity contribution in [2.75, 3.05) is 13.2 Å². The van der Waals surface area contributed by atoms with E-state index in [0.717, 1.165) is 39.7 Å². The van der Waals surface area contributed by atoms with Crippen molar-refractivity contribution in [3.63, 3.8) is 0 Å². The molecule has 0 aliphatic carbocycles. The number of carbonyl (C=O) groups is 1. The molecule has 0 spiro atoms. The Hall–Kier alpha value is -4.49. The summed E-state index contributed by atoms with van der Waals surface area (Å²) in [6, 6.07) is 24.7. The minimum atomic E-state index is -0.222. The number of aliphatic hydroxyl groups excluding tert-OH is 1. The van der Waals surface area contributed by atoms with Crippen LogP contribution in [0.4, 0.5) is 0 Å². The Labute approximate surface area is 196 Å². The van der Waals surface area contributed by atoms with Gasteiger partial charge in [0.15, 0.2) is 5.65 Å². The minimum Gasteiger partial charge on any atom is -0.457 e. The number of nitrogens with one attached hydrogen (secondary N) is 1. The SMILES string of the molecule is O=C(NCCO)c1ccc(-c2cn3c(-c4ccc(Oc5ccccc5)cc4)cnc3cn2)cc1. The number of amides is 1. The fraction of sp³-hybridized carbons (Fsp3) is 0.0741. The average molecular weight is 450 g/mol. The fourth-order valence-corrected chi connectivity index (χ4v) is 3.63. The van der Waals surface area contributed by atoms with E-state index in [9.17, 15) is 4.79 Å². The molecule has 0 aliphatic heterocycles. The predicted octanol–water partition coefficient (Wildman–Crippen LogP) is 4.58. The van der Waals surface area contributed by atoms with Crippen molar-refractivity contribution in [3.8, 4) is 34.0 Å². The van der Waals surface area contributed by atoms with Crippen LogP contribution >= 0.6 is 0 Å². The summed E-state index contributed by atoms with van der Waals surface area (Å²) in [4.78, 5) is 21.1. The molecule has 34 heavy (non-hydrogen) atoms. The van der Waals surface area contributed by atoms with E-state index < -0.39 is 0 Å². The quantitative estimate of drug-likeness (QED) is 0.379. The van der Waals surface area contributed by atoms with Gasteiger partial charge in [-0.05, 0) is 48.5 Å². The van der Waals surface area contributed by atoms with Crippen LogP contribution in [0.25, 0.3) is 28.2 Å². The zero-order valence-electron chi connectivity index (χ0n) is 18.3. The number of ether oxygens (including phenoxy) is 1. The van der Waals surface area contributed by atoms with Crippen molar-refractivity contribution < 1.29 is 14.6 Å². The number of hydrogen-bond acceptors (Lipinski definition) is 5. The standard InChI is InChI=1S/C27H22N4O3/c32-15-14-28-27(33)21-8-6-19(7-9-21)24-18-31-25(16-30-26(31)17-29-24)20-10-12-23(13-11-20)34-22-4-2-1-3-5-22/h1-13,16-18,32H,14-15H2,(H,28,33). The molecule has 1 amide bonds. The zero-order valence-corrected chi connectivity index (χ0v) is 18.3. The van der Waals surface area contributed by atoms with Crippen molar-refractivity contribution in [1.82, 2.24) is 19.7 Å². The summed E-state index contributed by atoms with van der Waals surface area (Å²) >= 11 is 0. The minimum absolute atomic E-state index is 0.0935. The molecule has 2 N–H and O–H groups in total. The first kappa shape index (κ1) is 21.4. The number of rotatable bonds is 7. The molecule has 0 atom stereocenters. The van der Waals surface area contributed by atoms with Crippen molar-refractivity contribution in [2.24, 2.45) is 0 Å². The fourth-order valence-electron chi connectivity index (χ4n) is 3.63. The van der Waals surface area contributed by atoms with Crippen molar-refractivity contribution in [3.05, 3.63) is 103 Å². The van der Waals surface area contributed by atoms with E-state index in [1.807, 2.05) is 83.5 Å². The normalized spacial score (nSPS) is 10.9. The van der Waals surface area contributed by atoms with Crippen molar-refractivity contribution >= 4 is 11.6 Å². The number of aromatic nitrogens is 3. The second-order valence-corrected chi connectivity index (χ2v) is 7.64. The van der Waals surface area contributed by atoms with E-state index in [-0.39, 0.29) is 19.1 Å². The molecule has 5 rings (SSSR count). The van der Waals surface area contributed by atoms with Gasteiger partial charge in [0.2, 0.25) is 0 Å². The van der Waals surface area contributed by atoms with Gasteiger partial charge < -0.3 is 15.2 Å². The first-order valence-corrected chi connectivity index (χ1v) is 10.9. The lowest BCUT2D eigenvalue weighted by atomic mass is 10.1. The maximum Gasteiger partial charge on any atom is 0.251 e. The number of hydrogen-bond donors (Lipinski definition) is 2. The lowest BCUT2D eigenvalue weighted by molar-refractivity contribution is 0.0945. The van der Waals surface area contributed by atoms with Crippen LogP contribution in [-0.2, 0) is 0 Å². The highest BCUT2D eigenvalue weighted by Crippen LogP contribution is 2.27. The van der Waals surface area contributed by atoms with Crippen LogP contribution in [0.1, 0.15) is 10.4 Å². The predicted molar refractivity (Wildman–Crippen MR) is 130 cm³/mol. The molecule has 168 valence electrons. The van der Waals surface area contributed by atoms with Gasteiger partial charge in [0.1, 0.15) is 11.5 Å². The molecule has 7 heteroatoms. The summed E-state index contributed by atoms with van der Waals surface area (Å²) in [6.07, 6.45) is 5.49. The molecule has 0 saturated carbocycles. The molecule has 3 aromatic carbocycles. The largest absolute Gasteiger partial charge is 0.457 e. The van der Waals surface area contributed by atoms with Gasteiger partial charge in [-0.2, -0.15) is 0 Å². The van der Waals surface area contributed by atoms with Crippen molar-refractivity contribution in [1.29, 1.82) is 0 Å². The van der Waals surface area contributed by atoms with Crippen LogP contribution in [0.5, 0.6) is 11.5 Å². The molecular weight excluding hydrogens is 428 g/mol. The van der Waals surface area contributed by atoms with Gasteiger partial charge in [0.05, 0.1) is 30.4 Å². The van der Waals surface area contributed by atoms with Crippen LogP contribution in [0.15, 0.2) is 97.5 Å². The van der Waals surface area contributed by atoms with Gasteiger partial charge in [-0.25, -0.2) is 4.98 Å². The third kappa shape index (κ3) is 4.51. The topological polar surface area (TPSA) is 88.8 Å². The Morgan fingerprint density at radius 2 is 1.56 bits per heavy atom. The summed E-state index contributed by atoms with van der Waals surface area (Å²) in [5, 5.41) is 11.5. The molecule has 5 aromatic rings. The van der Waals surface area contributed by atoms with Crippen LogP contribution in [0, 0.1) is 0 Å². The summed E-state index contributed by atoms with van der Waals surface area (Å²) in [7, 11) is 0. The molecule has 7 nitrogen and oxygen atoms in total. The average Bonchev–Trinajstić information content (AvgIpc) is 3.32. The van der Waals surface area contributed by atoms with Gasteiger partial charge >= 0.3 is 0 Å². The summed E-state index contributed by atoms with van der Waals surface area (Å²) in [5.74, 6) is 1.33. The highest BCUT2D eigenvalue weighted by molar-refractivity contribution is 5.94. The summed E-state index contributed by atoms with van der Waals surface area (Å²) in [5.41, 5.74) is 4.85. The molecule has 0 unspecified atom stereocenters. The van der Waals surface area contributed by atoms with Gasteiger partial charge in [-0.3, -0.25) is 14.2 Å². The number of imidazole rings is 1. The molecule has 0 fully saturated rings. The molecular formula is C27H22N4O3. The number of para-hydroxylation sites is 1. The molecule has 0 bridgehead atoms. The Bertz CT molecular complexity index is 1410. The van der Waals surface area contributed by atoms with Gasteiger partial charge in [0, 0.05) is 29.4 Å². The molecule has 0 aliphatic rings. The molecule has 2 heterocycles. The van der Waals surface area contributed by atoms with Gasteiger partial charge in [-0.1, -0.05) is 30.3 Å². The van der Waals surface area contributed by atoms with E-state index in [1.54, 1.807) is 18.3 Å². The van der Waals surface area contributed by atoms with Crippen molar-refractivity contribution in [2.45, 2.75) is 0 Å². The van der Waals surface area contributed by atoms with Crippen LogP contribution in [0.3, 0.4) is 0 Å². The first-order chi connectivity index (χ1) is 16.7. The Kier molecular flexibility index (Phi) is 6.01.